The van der Waals surface area contributed by atoms with Crippen LogP contribution in [-0.4, -0.2) is 31.3 Å². The number of rotatable bonds is 6. The van der Waals surface area contributed by atoms with Gasteiger partial charge in [-0.2, -0.15) is 4.39 Å². The van der Waals surface area contributed by atoms with E-state index in [4.69, 9.17) is 0 Å². The molecule has 0 radical (unpaired) electrons. The Hall–Kier alpha value is -3.27. The molecule has 0 saturated heterocycles. The second-order valence-corrected chi connectivity index (χ2v) is 6.02. The molecule has 0 saturated carbocycles. The number of nitro benzene ring substituents is 1. The zero-order chi connectivity index (χ0) is 18.5. The van der Waals surface area contributed by atoms with E-state index < -0.39 is 22.3 Å². The third kappa shape index (κ3) is 4.03. The number of carbonyl (C=O) groups excluding carboxylic acids is 1. The Morgan fingerprint density at radius 2 is 2.04 bits per heavy atom. The molecule has 132 valence electrons. The van der Waals surface area contributed by atoms with Crippen molar-refractivity contribution in [2.75, 3.05) is 11.1 Å². The van der Waals surface area contributed by atoms with Crippen molar-refractivity contribution in [3.05, 3.63) is 70.8 Å². The van der Waals surface area contributed by atoms with Crippen molar-refractivity contribution in [3.8, 4) is 5.69 Å². The number of nitro groups is 1. The lowest BCUT2D eigenvalue weighted by Crippen LogP contribution is -2.14. The summed E-state index contributed by atoms with van der Waals surface area (Å²) < 4.78 is 15.1. The fourth-order valence-electron chi connectivity index (χ4n) is 2.15. The molecule has 0 aliphatic carbocycles. The molecule has 0 aliphatic heterocycles. The summed E-state index contributed by atoms with van der Waals surface area (Å²) in [5.41, 5.74) is 0.307. The van der Waals surface area contributed by atoms with Crippen LogP contribution in [0.3, 0.4) is 0 Å². The smallest absolute Gasteiger partial charge is 0.306 e. The zero-order valence-electron chi connectivity index (χ0n) is 13.2. The summed E-state index contributed by atoms with van der Waals surface area (Å²) in [6, 6.07) is 12.6. The first-order valence-corrected chi connectivity index (χ1v) is 8.35. The third-order valence-corrected chi connectivity index (χ3v) is 4.25. The SMILES string of the molecule is O=C(CSc1nncn1-c1ccccc1)Nc1ccc(F)c([N+](=O)[O-])c1. The van der Waals surface area contributed by atoms with Crippen LogP contribution in [0.4, 0.5) is 15.8 Å². The van der Waals surface area contributed by atoms with E-state index >= 15 is 0 Å². The highest BCUT2D eigenvalue weighted by Crippen LogP contribution is 2.23. The van der Waals surface area contributed by atoms with Gasteiger partial charge in [0.05, 0.1) is 10.7 Å². The second-order valence-electron chi connectivity index (χ2n) is 5.08. The summed E-state index contributed by atoms with van der Waals surface area (Å²) in [6.07, 6.45) is 1.54. The number of benzene rings is 2. The van der Waals surface area contributed by atoms with Crippen molar-refractivity contribution in [1.29, 1.82) is 0 Å². The molecule has 26 heavy (non-hydrogen) atoms. The highest BCUT2D eigenvalue weighted by Gasteiger charge is 2.16. The lowest BCUT2D eigenvalue weighted by molar-refractivity contribution is -0.387. The Morgan fingerprint density at radius 1 is 1.27 bits per heavy atom. The van der Waals surface area contributed by atoms with Gasteiger partial charge in [-0.05, 0) is 24.3 Å². The average molecular weight is 373 g/mol. The highest BCUT2D eigenvalue weighted by molar-refractivity contribution is 7.99. The Balaban J connectivity index is 1.65. The molecule has 2 aromatic carbocycles. The minimum Gasteiger partial charge on any atom is -0.325 e. The Morgan fingerprint density at radius 3 is 2.77 bits per heavy atom. The van der Waals surface area contributed by atoms with Crippen molar-refractivity contribution < 1.29 is 14.1 Å². The van der Waals surface area contributed by atoms with E-state index in [0.29, 0.717) is 5.16 Å². The van der Waals surface area contributed by atoms with Gasteiger partial charge in [0.1, 0.15) is 6.33 Å². The molecule has 3 rings (SSSR count). The number of hydrogen-bond acceptors (Lipinski definition) is 6. The molecule has 1 amide bonds. The fraction of sp³-hybridized carbons (Fsp3) is 0.0625. The van der Waals surface area contributed by atoms with Crippen molar-refractivity contribution in [1.82, 2.24) is 14.8 Å². The predicted octanol–water partition coefficient (Wildman–Crippen LogP) is 3.05. The van der Waals surface area contributed by atoms with Crippen molar-refractivity contribution in [3.63, 3.8) is 0 Å². The van der Waals surface area contributed by atoms with Crippen molar-refractivity contribution in [2.24, 2.45) is 0 Å². The van der Waals surface area contributed by atoms with Gasteiger partial charge < -0.3 is 5.32 Å². The minimum atomic E-state index is -0.960. The maximum absolute atomic E-state index is 13.3. The van der Waals surface area contributed by atoms with Gasteiger partial charge in [0.15, 0.2) is 5.16 Å². The molecule has 10 heteroatoms. The number of nitrogens with zero attached hydrogens (tertiary/aromatic N) is 4. The van der Waals surface area contributed by atoms with Crippen LogP contribution < -0.4 is 5.32 Å². The van der Waals surface area contributed by atoms with Crippen LogP contribution in [-0.2, 0) is 4.79 Å². The van der Waals surface area contributed by atoms with E-state index in [-0.39, 0.29) is 11.4 Å². The van der Waals surface area contributed by atoms with E-state index in [1.54, 1.807) is 10.9 Å². The lowest BCUT2D eigenvalue weighted by Gasteiger charge is -2.07. The maximum Gasteiger partial charge on any atom is 0.306 e. The minimum absolute atomic E-state index is 0.0106. The summed E-state index contributed by atoms with van der Waals surface area (Å²) in [5.74, 6) is -1.35. The quantitative estimate of drug-likeness (QED) is 0.405. The number of halogens is 1. The van der Waals surface area contributed by atoms with Gasteiger partial charge in [-0.15, -0.1) is 10.2 Å². The van der Waals surface area contributed by atoms with Gasteiger partial charge in [-0.25, -0.2) is 0 Å². The first kappa shape index (κ1) is 17.5. The van der Waals surface area contributed by atoms with E-state index in [1.807, 2.05) is 30.3 Å². The summed E-state index contributed by atoms with van der Waals surface area (Å²) in [7, 11) is 0. The van der Waals surface area contributed by atoms with Crippen molar-refractivity contribution >= 4 is 29.0 Å². The van der Waals surface area contributed by atoms with Gasteiger partial charge in [0, 0.05) is 17.4 Å². The van der Waals surface area contributed by atoms with Gasteiger partial charge in [-0.3, -0.25) is 19.5 Å². The summed E-state index contributed by atoms with van der Waals surface area (Å²) in [4.78, 5) is 22.0. The molecular formula is C16H12FN5O3S. The Kier molecular flexibility index (Phi) is 5.23. The topological polar surface area (TPSA) is 103 Å². The number of nitrogens with one attached hydrogen (secondary N) is 1. The van der Waals surface area contributed by atoms with Crippen molar-refractivity contribution in [2.45, 2.75) is 5.16 Å². The second kappa shape index (κ2) is 7.74. The van der Waals surface area contributed by atoms with Gasteiger partial charge in [0.2, 0.25) is 11.7 Å². The third-order valence-electron chi connectivity index (χ3n) is 3.31. The monoisotopic (exact) mass is 373 g/mol. The number of aromatic nitrogens is 3. The fourth-order valence-corrected chi connectivity index (χ4v) is 2.87. The number of thioether (sulfide) groups is 1. The summed E-state index contributed by atoms with van der Waals surface area (Å²) >= 11 is 1.16. The van der Waals surface area contributed by atoms with Crippen LogP contribution in [0.25, 0.3) is 5.69 Å². The number of amides is 1. The summed E-state index contributed by atoms with van der Waals surface area (Å²) in [6.45, 7) is 0. The maximum atomic E-state index is 13.3. The lowest BCUT2D eigenvalue weighted by atomic mass is 10.2. The van der Waals surface area contributed by atoms with E-state index in [0.717, 1.165) is 29.6 Å². The van der Waals surface area contributed by atoms with Gasteiger partial charge in [0.25, 0.3) is 0 Å². The van der Waals surface area contributed by atoms with Crippen LogP contribution in [0, 0.1) is 15.9 Å². The molecule has 1 N–H and O–H groups in total. The number of para-hydroxylation sites is 1. The Labute approximate surface area is 151 Å². The molecule has 1 aromatic heterocycles. The molecule has 0 fully saturated rings. The molecule has 0 atom stereocenters. The first-order valence-electron chi connectivity index (χ1n) is 7.36. The largest absolute Gasteiger partial charge is 0.325 e. The Bertz CT molecular complexity index is 948. The van der Waals surface area contributed by atoms with Crippen LogP contribution in [0.1, 0.15) is 0 Å². The normalized spacial score (nSPS) is 10.5. The van der Waals surface area contributed by atoms with E-state index in [1.165, 1.54) is 6.07 Å². The first-order chi connectivity index (χ1) is 12.5. The van der Waals surface area contributed by atoms with Gasteiger partial charge in [-0.1, -0.05) is 30.0 Å². The van der Waals surface area contributed by atoms with Crippen LogP contribution in [0.2, 0.25) is 0 Å². The number of anilines is 1. The molecule has 0 bridgehead atoms. The molecule has 0 spiro atoms. The standard InChI is InChI=1S/C16H12FN5O3S/c17-13-7-6-11(8-14(13)22(24)25)19-15(23)9-26-16-20-18-10-21(16)12-4-2-1-3-5-12/h1-8,10H,9H2,(H,19,23). The molecule has 0 aliphatic rings. The van der Waals surface area contributed by atoms with Crippen LogP contribution >= 0.6 is 11.8 Å². The van der Waals surface area contributed by atoms with Crippen LogP contribution in [0.15, 0.2) is 60.0 Å². The van der Waals surface area contributed by atoms with Crippen LogP contribution in [0.5, 0.6) is 0 Å². The predicted molar refractivity (Wildman–Crippen MR) is 93.8 cm³/mol. The van der Waals surface area contributed by atoms with E-state index in [2.05, 4.69) is 15.5 Å². The molecule has 0 unspecified atom stereocenters. The highest BCUT2D eigenvalue weighted by atomic mass is 32.2. The molecule has 3 aromatic rings. The average Bonchev–Trinajstić information content (AvgIpc) is 3.11. The zero-order valence-corrected chi connectivity index (χ0v) is 14.0. The number of hydrogen-bond donors (Lipinski definition) is 1. The van der Waals surface area contributed by atoms with E-state index in [9.17, 15) is 19.3 Å². The molecular weight excluding hydrogens is 361 g/mol. The molecule has 1 heterocycles. The van der Waals surface area contributed by atoms with Gasteiger partial charge >= 0.3 is 5.69 Å². The number of carbonyl (C=O) groups is 1. The molecule has 8 nitrogen and oxygen atoms in total. The summed E-state index contributed by atoms with van der Waals surface area (Å²) in [5, 5.41) is 21.6.